The van der Waals surface area contributed by atoms with Crippen molar-refractivity contribution in [1.29, 1.82) is 0 Å². The molecule has 3 atom stereocenters. The van der Waals surface area contributed by atoms with Gasteiger partial charge in [0.1, 0.15) is 12.1 Å². The average Bonchev–Trinajstić information content (AvgIpc) is 4.04. The third kappa shape index (κ3) is 14.4. The highest BCUT2D eigenvalue weighted by atomic mass is 32.1. The second-order valence-electron chi connectivity index (χ2n) is 18.9. The third-order valence-corrected chi connectivity index (χ3v) is 13.9. The molecule has 1 fully saturated rings. The number of pyridine rings is 1. The number of nitrogens with one attached hydrogen (secondary N) is 3. The molecular weight excluding hydrogens is 901 g/mol. The number of fused-ring (bicyclic) bond motifs is 1. The molecular formula is C51H66N8O7S2. The van der Waals surface area contributed by atoms with E-state index in [-0.39, 0.29) is 49.2 Å². The first-order valence-corrected chi connectivity index (χ1v) is 25.3. The van der Waals surface area contributed by atoms with Crippen molar-refractivity contribution < 1.29 is 33.8 Å². The van der Waals surface area contributed by atoms with Gasteiger partial charge in [-0.1, -0.05) is 101 Å². The number of hydrogen-bond donors (Lipinski definition) is 4. The number of amides is 5. The van der Waals surface area contributed by atoms with Crippen molar-refractivity contribution in [2.75, 3.05) is 23.8 Å². The number of β-amino-alcohol motifs (C(OH)–C–C–N with tert-alkyl or cyclic N) is 1. The summed E-state index contributed by atoms with van der Waals surface area (Å²) in [5.41, 5.74) is 7.29. The molecule has 0 bridgehead atoms. The molecule has 1 saturated heterocycles. The molecule has 17 heteroatoms. The Morgan fingerprint density at radius 2 is 1.54 bits per heavy atom. The molecule has 0 unspecified atom stereocenters. The van der Waals surface area contributed by atoms with Gasteiger partial charge in [-0.2, -0.15) is 0 Å². The summed E-state index contributed by atoms with van der Waals surface area (Å²) in [6.07, 6.45) is 10.0. The van der Waals surface area contributed by atoms with E-state index < -0.39 is 29.7 Å². The molecule has 15 nitrogen and oxygen atoms in total. The second kappa shape index (κ2) is 24.0. The lowest BCUT2D eigenvalue weighted by Crippen LogP contribution is -2.57. The molecule has 5 amide bonds. The Morgan fingerprint density at radius 3 is 2.19 bits per heavy atom. The van der Waals surface area contributed by atoms with Crippen molar-refractivity contribution in [3.05, 3.63) is 77.7 Å². The van der Waals surface area contributed by atoms with E-state index in [1.165, 1.54) is 21.1 Å². The highest BCUT2D eigenvalue weighted by molar-refractivity contribution is 7.22. The van der Waals surface area contributed by atoms with Crippen LogP contribution in [0.5, 0.6) is 0 Å². The Hall–Kier alpha value is -5.78. The van der Waals surface area contributed by atoms with Gasteiger partial charge in [-0.15, -0.1) is 11.3 Å². The molecule has 4 N–H and O–H groups in total. The molecule has 68 heavy (non-hydrogen) atoms. The maximum Gasteiger partial charge on any atom is 0.414 e. The fourth-order valence-corrected chi connectivity index (χ4v) is 9.87. The number of nitrogens with zero attached hydrogens (tertiary/aromatic N) is 5. The first-order valence-electron chi connectivity index (χ1n) is 23.6. The zero-order valence-corrected chi connectivity index (χ0v) is 41.9. The number of anilines is 2. The summed E-state index contributed by atoms with van der Waals surface area (Å²) >= 11 is 2.99. The summed E-state index contributed by atoms with van der Waals surface area (Å²) in [5, 5.41) is 20.0. The fraction of sp³-hybridized carbons (Fsp3) is 0.490. The van der Waals surface area contributed by atoms with Crippen LogP contribution in [-0.4, -0.2) is 92.6 Å². The zero-order chi connectivity index (χ0) is 49.0. The minimum Gasteiger partial charge on any atom is -0.446 e. The molecule has 0 saturated carbocycles. The third-order valence-electron chi connectivity index (χ3n) is 12.0. The highest BCUT2D eigenvalue weighted by Crippen LogP contribution is 2.33. The Morgan fingerprint density at radius 1 is 0.882 bits per heavy atom. The van der Waals surface area contributed by atoms with E-state index in [1.807, 2.05) is 81.7 Å². The number of hydrogen-bond acceptors (Lipinski definition) is 12. The van der Waals surface area contributed by atoms with Crippen molar-refractivity contribution in [1.82, 2.24) is 30.5 Å². The normalized spacial score (nSPS) is 15.3. The van der Waals surface area contributed by atoms with Gasteiger partial charge in [-0.05, 0) is 73.9 Å². The van der Waals surface area contributed by atoms with Crippen molar-refractivity contribution in [3.8, 4) is 21.6 Å². The Balaban J connectivity index is 0.854. The molecule has 364 valence electrons. The minimum absolute atomic E-state index is 0.0256. The van der Waals surface area contributed by atoms with Crippen molar-refractivity contribution >= 4 is 73.4 Å². The van der Waals surface area contributed by atoms with E-state index in [0.717, 1.165) is 88.0 Å². The number of carbonyl (C=O) groups is 5. The average molecular weight is 967 g/mol. The van der Waals surface area contributed by atoms with Gasteiger partial charge in [0.2, 0.25) is 23.6 Å². The van der Waals surface area contributed by atoms with E-state index in [0.29, 0.717) is 30.1 Å². The van der Waals surface area contributed by atoms with Crippen LogP contribution in [0.25, 0.3) is 31.8 Å². The fourth-order valence-electron chi connectivity index (χ4n) is 8.14. The topological polar surface area (TPSA) is 196 Å². The van der Waals surface area contributed by atoms with E-state index in [9.17, 15) is 29.1 Å². The molecule has 1 aliphatic heterocycles. The van der Waals surface area contributed by atoms with Crippen LogP contribution in [0.4, 0.5) is 15.6 Å². The Bertz CT molecular complexity index is 2520. The van der Waals surface area contributed by atoms with Gasteiger partial charge in [0.15, 0.2) is 5.13 Å². The molecule has 0 aliphatic carbocycles. The number of thiazole rings is 2. The lowest BCUT2D eigenvalue weighted by Gasteiger charge is -2.35. The summed E-state index contributed by atoms with van der Waals surface area (Å²) in [7, 11) is 1.65. The highest BCUT2D eigenvalue weighted by Gasteiger charge is 2.44. The Kier molecular flexibility index (Phi) is 18.2. The van der Waals surface area contributed by atoms with E-state index in [4.69, 9.17) is 4.74 Å². The molecule has 1 aliphatic rings. The number of likely N-dealkylation sites (tertiary alicyclic amines) is 1. The van der Waals surface area contributed by atoms with Crippen LogP contribution in [0.1, 0.15) is 117 Å². The van der Waals surface area contributed by atoms with E-state index in [1.54, 1.807) is 44.6 Å². The van der Waals surface area contributed by atoms with Crippen LogP contribution < -0.4 is 20.9 Å². The lowest BCUT2D eigenvalue weighted by atomic mass is 9.85. The second-order valence-corrected chi connectivity index (χ2v) is 20.8. The first kappa shape index (κ1) is 51.6. The zero-order valence-electron chi connectivity index (χ0n) is 40.3. The smallest absolute Gasteiger partial charge is 0.414 e. The summed E-state index contributed by atoms with van der Waals surface area (Å²) in [6, 6.07) is 14.0. The number of ether oxygens (including phenoxy) is 1. The van der Waals surface area contributed by atoms with Gasteiger partial charge in [0.05, 0.1) is 50.4 Å². The van der Waals surface area contributed by atoms with Crippen LogP contribution in [0.3, 0.4) is 0 Å². The maximum atomic E-state index is 14.0. The van der Waals surface area contributed by atoms with Crippen molar-refractivity contribution in [2.24, 2.45) is 5.41 Å². The van der Waals surface area contributed by atoms with Gasteiger partial charge in [-0.3, -0.25) is 29.1 Å². The predicted molar refractivity (Wildman–Crippen MR) is 269 cm³/mol. The molecule has 0 spiro atoms. The van der Waals surface area contributed by atoms with Gasteiger partial charge in [-0.25, -0.2) is 14.8 Å². The monoisotopic (exact) mass is 966 g/mol. The summed E-state index contributed by atoms with van der Waals surface area (Å²) in [6.45, 7) is 11.5. The van der Waals surface area contributed by atoms with Gasteiger partial charge < -0.3 is 30.7 Å². The summed E-state index contributed by atoms with van der Waals surface area (Å²) in [4.78, 5) is 83.0. The summed E-state index contributed by atoms with van der Waals surface area (Å²) < 4.78 is 6.24. The molecule has 6 rings (SSSR count). The van der Waals surface area contributed by atoms with Crippen molar-refractivity contribution in [3.63, 3.8) is 0 Å². The van der Waals surface area contributed by atoms with Crippen molar-refractivity contribution in [2.45, 2.75) is 143 Å². The number of benzene rings is 2. The lowest BCUT2D eigenvalue weighted by molar-refractivity contribution is -0.144. The number of aliphatic hydroxyl groups excluding tert-OH is 1. The number of rotatable bonds is 21. The quantitative estimate of drug-likeness (QED) is 0.0515. The summed E-state index contributed by atoms with van der Waals surface area (Å²) in [5.74, 6) is -0.981. The predicted octanol–water partition coefficient (Wildman–Crippen LogP) is 9.42. The van der Waals surface area contributed by atoms with Crippen LogP contribution >= 0.6 is 22.7 Å². The number of aryl methyl sites for hydroxylation is 1. The standard InChI is InChI=1S/C51H66N8O7S2/c1-32(2)66-50(65)58(7)38-24-37(28-52-29-38)36-22-23-40-42(25-36)68-49(55-40)57-44(62)17-15-13-11-9-8-10-12-14-16-43(61)56-46(51(4,5)6)48(64)59-30-39(60)26-41(59)47(63)53-27-34-18-20-35(21-19-34)45-33(3)54-31-67-45/h18-25,28-29,31-32,39,41,46,60H,8-17,26-27,30H2,1-7H3,(H,53,63)(H,56,61)(H,55,57,62)/t39-,41+,46-/m1/s1. The molecule has 2 aromatic carbocycles. The number of unbranched alkanes of at least 4 members (excludes halogenated alkanes) is 7. The van der Waals surface area contributed by atoms with Crippen LogP contribution in [-0.2, 0) is 30.5 Å². The molecule has 4 heterocycles. The van der Waals surface area contributed by atoms with Gasteiger partial charge in [0, 0.05) is 51.2 Å². The molecule has 3 aromatic heterocycles. The van der Waals surface area contributed by atoms with Crippen LogP contribution in [0, 0.1) is 12.3 Å². The SMILES string of the molecule is Cc1ncsc1-c1ccc(CNC(=O)[C@@H]2C[C@@H](O)CN2C(=O)[C@@H](NC(=O)CCCCCCCCCCC(=O)Nc2nc3ccc(-c4cncc(N(C)C(=O)OC(C)C)c4)cc3s2)C(C)(C)C)cc1. The molecule has 0 radical (unpaired) electrons. The van der Waals surface area contributed by atoms with Crippen LogP contribution in [0.2, 0.25) is 0 Å². The number of carbonyl (C=O) groups excluding carboxylic acids is 5. The van der Waals surface area contributed by atoms with Gasteiger partial charge >= 0.3 is 6.09 Å². The van der Waals surface area contributed by atoms with Gasteiger partial charge in [0.25, 0.3) is 0 Å². The van der Waals surface area contributed by atoms with E-state index >= 15 is 0 Å². The number of aliphatic hydroxyl groups is 1. The number of aromatic nitrogens is 3. The molecule has 5 aromatic rings. The minimum atomic E-state index is -0.860. The largest absolute Gasteiger partial charge is 0.446 e. The van der Waals surface area contributed by atoms with Crippen LogP contribution in [0.15, 0.2) is 66.4 Å². The maximum absolute atomic E-state index is 14.0. The Labute approximate surface area is 407 Å². The van der Waals surface area contributed by atoms with E-state index in [2.05, 4.69) is 30.9 Å². The first-order chi connectivity index (χ1) is 32.5.